The summed E-state index contributed by atoms with van der Waals surface area (Å²) in [6, 6.07) is 18.3. The fraction of sp³-hybridized carbons (Fsp3) is 0.538. The summed E-state index contributed by atoms with van der Waals surface area (Å²) in [7, 11) is 6.09. The summed E-state index contributed by atoms with van der Waals surface area (Å²) < 4.78 is 30.4. The molecule has 1 aromatic heterocycles. The van der Waals surface area contributed by atoms with E-state index < -0.39 is 70.0 Å². The van der Waals surface area contributed by atoms with Crippen LogP contribution in [0.1, 0.15) is 114 Å². The van der Waals surface area contributed by atoms with E-state index in [0.717, 1.165) is 33.2 Å². The summed E-state index contributed by atoms with van der Waals surface area (Å²) in [5.41, 5.74) is 0.335. The minimum Gasteiger partial charge on any atom is -1.00 e. The summed E-state index contributed by atoms with van der Waals surface area (Å²) in [6.45, 7) is 11.8. The smallest absolute Gasteiger partial charge is 0.344 e. The van der Waals surface area contributed by atoms with Crippen molar-refractivity contribution < 1.29 is 79.0 Å². The lowest BCUT2D eigenvalue weighted by Gasteiger charge is -2.63. The number of esters is 4. The summed E-state index contributed by atoms with van der Waals surface area (Å²) >= 11 is 0. The molecule has 3 unspecified atom stereocenters. The van der Waals surface area contributed by atoms with E-state index >= 15 is 9.59 Å². The van der Waals surface area contributed by atoms with E-state index in [0.29, 0.717) is 100 Å². The number of carbonyl (C=O) groups excluding carboxylic acids is 6. The van der Waals surface area contributed by atoms with Crippen molar-refractivity contribution in [3.8, 4) is 5.75 Å². The lowest BCUT2D eigenvalue weighted by molar-refractivity contribution is -0.891. The van der Waals surface area contributed by atoms with Gasteiger partial charge in [-0.15, -0.1) is 0 Å². The van der Waals surface area contributed by atoms with Gasteiger partial charge in [-0.05, 0) is 86.2 Å². The van der Waals surface area contributed by atoms with Gasteiger partial charge in [0.1, 0.15) is 36.4 Å². The monoisotopic (exact) mass is 1220 g/mol. The molecule has 7 aliphatic rings. The Balaban J connectivity index is 0.00000786. The number of nitrogens with one attached hydrogen (secondary N) is 2. The van der Waals surface area contributed by atoms with Crippen molar-refractivity contribution in [3.63, 3.8) is 0 Å². The van der Waals surface area contributed by atoms with Crippen molar-refractivity contribution >= 4 is 52.3 Å². The van der Waals surface area contributed by atoms with E-state index in [2.05, 4.69) is 34.4 Å². The van der Waals surface area contributed by atoms with Gasteiger partial charge < -0.3 is 65.9 Å². The first kappa shape index (κ1) is 60.6. The fourth-order valence-corrected chi connectivity index (χ4v) is 16.9. The highest BCUT2D eigenvalue weighted by Crippen LogP contribution is 2.68. The number of likely N-dealkylation sites (tertiary alicyclic amines) is 1. The Bertz CT molecular complexity index is 3310. The van der Waals surface area contributed by atoms with Crippen LogP contribution in [0.4, 0.5) is 5.69 Å². The van der Waals surface area contributed by atoms with Crippen molar-refractivity contribution in [1.82, 2.24) is 20.1 Å². The third-order valence-electron chi connectivity index (χ3n) is 20.4. The first-order valence-electron chi connectivity index (χ1n) is 29.8. The Hall–Kier alpha value is -6.54. The molecule has 84 heavy (non-hydrogen) atoms. The molecule has 450 valence electrons. The molecule has 1 saturated carbocycles. The van der Waals surface area contributed by atoms with Gasteiger partial charge in [-0.1, -0.05) is 94.8 Å². The second-order valence-electron chi connectivity index (χ2n) is 24.7. The maximum Gasteiger partial charge on any atom is 0.344 e. The number of para-hydroxylation sites is 1. The number of carbonyl (C=O) groups is 6. The predicted octanol–water partition coefficient (Wildman–Crippen LogP) is 3.89. The minimum absolute atomic E-state index is 0. The lowest BCUT2D eigenvalue weighted by atomic mass is 9.47. The van der Waals surface area contributed by atoms with Crippen molar-refractivity contribution in [1.29, 1.82) is 0 Å². The number of aromatic nitrogens is 1. The Morgan fingerprint density at radius 1 is 0.929 bits per heavy atom. The van der Waals surface area contributed by atoms with Gasteiger partial charge in [-0.25, -0.2) is 9.59 Å². The number of hydrogen-bond acceptors (Lipinski definition) is 14. The number of quaternary nitrogens is 1. The zero-order valence-corrected chi connectivity index (χ0v) is 51.4. The first-order chi connectivity index (χ1) is 39.8. The van der Waals surface area contributed by atoms with Crippen LogP contribution >= 0.6 is 0 Å². The third-order valence-corrected chi connectivity index (χ3v) is 20.4. The van der Waals surface area contributed by atoms with E-state index in [1.165, 1.54) is 21.1 Å². The molecule has 3 N–H and O–H groups in total. The zero-order valence-electron chi connectivity index (χ0n) is 49.8. The highest BCUT2D eigenvalue weighted by molar-refractivity contribution is 5.95. The quantitative estimate of drug-likeness (QED) is 0.0631. The highest BCUT2D eigenvalue weighted by atomic mass is 79.9. The van der Waals surface area contributed by atoms with Gasteiger partial charge >= 0.3 is 23.9 Å². The number of anilines is 1. The molecule has 2 bridgehead atoms. The summed E-state index contributed by atoms with van der Waals surface area (Å²) in [5.74, 6) is -3.16. The molecule has 3 fully saturated rings. The summed E-state index contributed by atoms with van der Waals surface area (Å²) in [5, 5.41) is 17.5. The molecular formula is C65H81BrN6O12. The number of aliphatic hydroxyl groups is 1. The number of allylic oxidation sites excluding steroid dienone is 1. The average molecular weight is 1220 g/mol. The van der Waals surface area contributed by atoms with Crippen molar-refractivity contribution in [2.45, 2.75) is 146 Å². The van der Waals surface area contributed by atoms with Crippen LogP contribution in [0.2, 0.25) is 0 Å². The van der Waals surface area contributed by atoms with E-state index in [1.807, 2.05) is 106 Å². The Morgan fingerprint density at radius 3 is 2.36 bits per heavy atom. The van der Waals surface area contributed by atoms with Crippen LogP contribution in [-0.2, 0) is 71.7 Å². The highest BCUT2D eigenvalue weighted by Gasteiger charge is 2.80. The fourth-order valence-electron chi connectivity index (χ4n) is 16.9. The number of hydrogen-bond donors (Lipinski definition) is 3. The molecule has 12 atom stereocenters. The molecule has 18 nitrogen and oxygen atoms in total. The van der Waals surface area contributed by atoms with E-state index in [-0.39, 0.29) is 70.7 Å². The number of aromatic amines is 1. The molecule has 19 heteroatoms. The number of halogens is 1. The number of nitrogens with zero attached hydrogens (tertiary/aromatic N) is 4. The van der Waals surface area contributed by atoms with E-state index in [9.17, 15) is 24.3 Å². The molecule has 11 rings (SSSR count). The number of rotatable bonds is 16. The van der Waals surface area contributed by atoms with E-state index in [4.69, 9.17) is 23.7 Å². The van der Waals surface area contributed by atoms with Crippen molar-refractivity contribution in [3.05, 3.63) is 119 Å². The molecular weight excluding hydrogens is 1140 g/mol. The molecule has 1 spiro atoms. The molecule has 1 aliphatic carbocycles. The van der Waals surface area contributed by atoms with Gasteiger partial charge in [0, 0.05) is 89.3 Å². The van der Waals surface area contributed by atoms with Gasteiger partial charge in [0.25, 0.3) is 5.91 Å². The van der Waals surface area contributed by atoms with Crippen LogP contribution in [-0.4, -0.2) is 157 Å². The molecule has 2 saturated heterocycles. The van der Waals surface area contributed by atoms with Crippen LogP contribution in [0.3, 0.4) is 0 Å². The van der Waals surface area contributed by atoms with Crippen LogP contribution < -0.4 is 31.9 Å². The third kappa shape index (κ3) is 9.27. The second kappa shape index (κ2) is 23.0. The largest absolute Gasteiger partial charge is 1.00 e. The maximum atomic E-state index is 15.9. The average Bonchev–Trinajstić information content (AvgIpc) is 1.44. The van der Waals surface area contributed by atoms with Gasteiger partial charge in [0.2, 0.25) is 11.5 Å². The Morgan fingerprint density at radius 2 is 1.67 bits per heavy atom. The minimum atomic E-state index is -2.37. The molecule has 7 heterocycles. The number of amides is 2. The Labute approximate surface area is 502 Å². The number of benzene rings is 3. The molecule has 3 aromatic carbocycles. The number of ether oxygens (including phenoxy) is 5. The van der Waals surface area contributed by atoms with Crippen molar-refractivity contribution in [2.24, 2.45) is 17.3 Å². The van der Waals surface area contributed by atoms with Crippen LogP contribution in [0.25, 0.3) is 10.9 Å². The van der Waals surface area contributed by atoms with Crippen LogP contribution in [0, 0.1) is 17.3 Å². The maximum absolute atomic E-state index is 15.9. The normalized spacial score (nSPS) is 30.6. The molecule has 6 aliphatic heterocycles. The standard InChI is InChI=1S/C65H80N6O12.BrH/c1-10-39(4)53(56(75)82-38-42-20-14-13-15-21-42)67-55(74)49-24-18-28-70(49)52(73)37-71-34-41(11-2)30-43(35-71)33-64(60(76)80-8,54-45(36-71)44-22-16-17-23-48(44)66-54)47-31-46-50(32-51(47)79-7)68(6)58-63(46)26-29-69-27-19-25-62(12-3,57(63)69)59(83-40(5)72)65(58,78)61(77)81-9;/h13-17,19-23,25,31-32,34,39,43,49,53,57-59,66,78H,10-12,18,24,26-30,33,35-38H2,1-9H3;1H/t39-,43?,49-,53-,57-,58?,59+,62+,63+,64-,65-,71?;/m0./s1. The topological polar surface area (TPSA) is 206 Å². The number of H-pyrrole nitrogens is 1. The number of likely N-dealkylation sites (N-methyl/N-ethyl adjacent to an activating group) is 1. The molecule has 0 radical (unpaired) electrons. The van der Waals surface area contributed by atoms with Crippen molar-refractivity contribution in [2.75, 3.05) is 66.0 Å². The lowest BCUT2D eigenvalue weighted by Crippen LogP contribution is -3.00. The predicted molar refractivity (Wildman–Crippen MR) is 309 cm³/mol. The van der Waals surface area contributed by atoms with Gasteiger partial charge in [0.05, 0.1) is 40.1 Å². The zero-order chi connectivity index (χ0) is 59.0. The van der Waals surface area contributed by atoms with Crippen LogP contribution in [0.5, 0.6) is 5.75 Å². The van der Waals surface area contributed by atoms with Crippen LogP contribution in [0.15, 0.2) is 90.7 Å². The molecule has 2 amide bonds. The SMILES string of the molecule is CCC1=C[N+]2(CC(=O)N3CCC[C@H]3C(=O)N[C@H](C(=O)OCc3ccccc3)[C@@H](C)CC)Cc3c([nH]c4ccccc34)[C@@](C(=O)OC)(c3cc4c(cc3OC)N(C)C3[C@]45CCN4CC=C[C@@](CC)([C@@H](OC(C)=O)[C@]3(O)C(=O)OC)[C@H]45)CC(C1)C2.[Br-]. The number of methoxy groups -OCH3 is 3. The van der Waals surface area contributed by atoms with Gasteiger partial charge in [0.15, 0.2) is 12.6 Å². The number of fused-ring (bicyclic) bond motifs is 6. The van der Waals surface area contributed by atoms with Gasteiger partial charge in [-0.2, -0.15) is 0 Å². The van der Waals surface area contributed by atoms with E-state index in [1.54, 1.807) is 12.0 Å². The van der Waals surface area contributed by atoms with Gasteiger partial charge in [-0.3, -0.25) is 28.6 Å². The summed E-state index contributed by atoms with van der Waals surface area (Å²) in [6.07, 6.45) is 9.21. The Kier molecular flexibility index (Phi) is 16.6. The second-order valence-corrected chi connectivity index (χ2v) is 24.7. The molecule has 4 aromatic rings. The first-order valence-corrected chi connectivity index (χ1v) is 29.8. The summed E-state index contributed by atoms with van der Waals surface area (Å²) in [4.78, 5) is 97.1.